The second-order valence-corrected chi connectivity index (χ2v) is 4.99. The third kappa shape index (κ3) is 3.54. The molecule has 0 atom stereocenters. The highest BCUT2D eigenvalue weighted by Gasteiger charge is 2.05. The van der Waals surface area contributed by atoms with Crippen molar-refractivity contribution in [2.24, 2.45) is 0 Å². The number of aromatic nitrogens is 2. The molecule has 0 radical (unpaired) electrons. The van der Waals surface area contributed by atoms with Crippen LogP contribution in [-0.2, 0) is 11.3 Å². The number of nitrogens with one attached hydrogen (secondary N) is 1. The van der Waals surface area contributed by atoms with Crippen molar-refractivity contribution in [3.05, 3.63) is 52.1 Å². The fraction of sp³-hybridized carbons (Fsp3) is 0.375. The number of benzene rings is 1. The molecule has 0 aliphatic heterocycles. The maximum Gasteiger partial charge on any atom is 0.251 e. The van der Waals surface area contributed by atoms with Crippen LogP contribution in [0, 0.1) is 0 Å². The minimum Gasteiger partial charge on any atom is -0.374 e. The van der Waals surface area contributed by atoms with E-state index >= 15 is 0 Å². The van der Waals surface area contributed by atoms with Gasteiger partial charge in [0, 0.05) is 18.2 Å². The molecular weight excluding hydrogens is 252 g/mol. The summed E-state index contributed by atoms with van der Waals surface area (Å²) in [7, 11) is 0. The Kier molecular flexibility index (Phi) is 4.69. The minimum absolute atomic E-state index is 0.155. The lowest BCUT2D eigenvalue weighted by atomic mass is 10.0. The van der Waals surface area contributed by atoms with Crippen molar-refractivity contribution in [3.63, 3.8) is 0 Å². The third-order valence-corrected chi connectivity index (χ3v) is 3.11. The smallest absolute Gasteiger partial charge is 0.251 e. The van der Waals surface area contributed by atoms with Gasteiger partial charge in [0.1, 0.15) is 12.4 Å². The molecule has 1 aromatic heterocycles. The first-order chi connectivity index (χ1) is 9.60. The van der Waals surface area contributed by atoms with Crippen molar-refractivity contribution < 1.29 is 4.74 Å². The maximum absolute atomic E-state index is 11.7. The molecule has 1 aromatic carbocycles. The molecule has 1 N–H and O–H groups in total. The second-order valence-electron chi connectivity index (χ2n) is 4.99. The van der Waals surface area contributed by atoms with Crippen molar-refractivity contribution in [2.45, 2.75) is 33.3 Å². The Morgan fingerprint density at radius 1 is 1.25 bits per heavy atom. The van der Waals surface area contributed by atoms with Gasteiger partial charge in [-0.15, -0.1) is 0 Å². The largest absolute Gasteiger partial charge is 0.374 e. The van der Waals surface area contributed by atoms with Gasteiger partial charge >= 0.3 is 0 Å². The quantitative estimate of drug-likeness (QED) is 0.910. The number of nitrogens with zero attached hydrogens (tertiary/aromatic N) is 1. The van der Waals surface area contributed by atoms with Crippen LogP contribution in [0.2, 0.25) is 0 Å². The van der Waals surface area contributed by atoms with Gasteiger partial charge in [-0.25, -0.2) is 4.98 Å². The Balaban J connectivity index is 2.31. The lowest BCUT2D eigenvalue weighted by Gasteiger charge is -2.07. The predicted molar refractivity (Wildman–Crippen MR) is 79.7 cm³/mol. The van der Waals surface area contributed by atoms with Crippen molar-refractivity contribution >= 4 is 0 Å². The summed E-state index contributed by atoms with van der Waals surface area (Å²) >= 11 is 0. The first-order valence-corrected chi connectivity index (χ1v) is 6.88. The van der Waals surface area contributed by atoms with Gasteiger partial charge in [0.25, 0.3) is 5.56 Å². The molecule has 20 heavy (non-hydrogen) atoms. The molecule has 0 unspecified atom stereocenters. The maximum atomic E-state index is 11.7. The van der Waals surface area contributed by atoms with Crippen LogP contribution in [0.1, 0.15) is 38.1 Å². The van der Waals surface area contributed by atoms with Crippen molar-refractivity contribution in [1.29, 1.82) is 0 Å². The van der Waals surface area contributed by atoms with Gasteiger partial charge in [-0.2, -0.15) is 0 Å². The average molecular weight is 272 g/mol. The van der Waals surface area contributed by atoms with Crippen LogP contribution >= 0.6 is 0 Å². The molecule has 2 aromatic rings. The van der Waals surface area contributed by atoms with Gasteiger partial charge in [-0.3, -0.25) is 4.79 Å². The summed E-state index contributed by atoms with van der Waals surface area (Å²) in [5.41, 5.74) is 2.74. The monoisotopic (exact) mass is 272 g/mol. The lowest BCUT2D eigenvalue weighted by molar-refractivity contribution is 0.128. The van der Waals surface area contributed by atoms with Crippen molar-refractivity contribution in [1.82, 2.24) is 9.97 Å². The van der Waals surface area contributed by atoms with Crippen LogP contribution in [0.3, 0.4) is 0 Å². The van der Waals surface area contributed by atoms with Gasteiger partial charge in [0.2, 0.25) is 0 Å². The number of rotatable bonds is 5. The third-order valence-electron chi connectivity index (χ3n) is 3.11. The molecule has 106 valence electrons. The van der Waals surface area contributed by atoms with Crippen LogP contribution in [-0.4, -0.2) is 16.6 Å². The highest BCUT2D eigenvalue weighted by molar-refractivity contribution is 5.59. The summed E-state index contributed by atoms with van der Waals surface area (Å²) in [5, 5.41) is 0. The van der Waals surface area contributed by atoms with E-state index in [4.69, 9.17) is 4.74 Å². The first kappa shape index (κ1) is 14.5. The Morgan fingerprint density at radius 3 is 2.55 bits per heavy atom. The molecule has 4 nitrogen and oxygen atoms in total. The number of ether oxygens (including phenoxy) is 1. The normalized spacial score (nSPS) is 11.0. The standard InChI is InChI=1S/C16H20N2O2/c1-4-20-10-15-17-14(9-16(19)18-15)13-7-5-12(6-8-13)11(2)3/h5-9,11H,4,10H2,1-3H3,(H,17,18,19). The zero-order chi connectivity index (χ0) is 14.5. The Labute approximate surface area is 118 Å². The minimum atomic E-state index is -0.155. The predicted octanol–water partition coefficient (Wildman–Crippen LogP) is 3.10. The van der Waals surface area contributed by atoms with E-state index < -0.39 is 0 Å². The second kappa shape index (κ2) is 6.48. The van der Waals surface area contributed by atoms with Crippen LogP contribution in [0.4, 0.5) is 0 Å². The highest BCUT2D eigenvalue weighted by atomic mass is 16.5. The van der Waals surface area contributed by atoms with Crippen LogP contribution in [0.5, 0.6) is 0 Å². The van der Waals surface area contributed by atoms with Crippen molar-refractivity contribution in [3.8, 4) is 11.3 Å². The average Bonchev–Trinajstić information content (AvgIpc) is 2.44. The summed E-state index contributed by atoms with van der Waals surface area (Å²) in [4.78, 5) is 18.8. The first-order valence-electron chi connectivity index (χ1n) is 6.88. The van der Waals surface area contributed by atoms with E-state index in [9.17, 15) is 4.79 Å². The fourth-order valence-corrected chi connectivity index (χ4v) is 1.96. The molecule has 4 heteroatoms. The number of hydrogen-bond donors (Lipinski definition) is 1. The molecule has 0 fully saturated rings. The summed E-state index contributed by atoms with van der Waals surface area (Å²) in [6.45, 7) is 7.13. The van der Waals surface area contributed by atoms with E-state index in [0.29, 0.717) is 30.7 Å². The topological polar surface area (TPSA) is 55.0 Å². The van der Waals surface area contributed by atoms with Crippen LogP contribution in [0.15, 0.2) is 35.1 Å². The number of hydrogen-bond acceptors (Lipinski definition) is 3. The molecular formula is C16H20N2O2. The van der Waals surface area contributed by atoms with Gasteiger partial charge < -0.3 is 9.72 Å². The molecule has 0 amide bonds. The van der Waals surface area contributed by atoms with E-state index in [0.717, 1.165) is 5.56 Å². The molecule has 0 spiro atoms. The Bertz CT molecular complexity index is 615. The summed E-state index contributed by atoms with van der Waals surface area (Å²) in [6, 6.07) is 9.67. The molecule has 0 aliphatic carbocycles. The van der Waals surface area contributed by atoms with E-state index in [2.05, 4.69) is 35.9 Å². The van der Waals surface area contributed by atoms with Crippen LogP contribution in [0.25, 0.3) is 11.3 Å². The van der Waals surface area contributed by atoms with Crippen molar-refractivity contribution in [2.75, 3.05) is 6.61 Å². The molecule has 1 heterocycles. The van der Waals surface area contributed by atoms with Gasteiger partial charge in [0.05, 0.1) is 5.69 Å². The summed E-state index contributed by atoms with van der Waals surface area (Å²) < 4.78 is 5.28. The highest BCUT2D eigenvalue weighted by Crippen LogP contribution is 2.20. The van der Waals surface area contributed by atoms with Gasteiger partial charge in [0.15, 0.2) is 0 Å². The Hall–Kier alpha value is -1.94. The fourth-order valence-electron chi connectivity index (χ4n) is 1.96. The summed E-state index contributed by atoms with van der Waals surface area (Å²) in [5.74, 6) is 1.05. The molecule has 0 saturated heterocycles. The molecule has 0 aliphatic rings. The Morgan fingerprint density at radius 2 is 1.95 bits per heavy atom. The SMILES string of the molecule is CCOCc1nc(-c2ccc(C(C)C)cc2)cc(=O)[nH]1. The lowest BCUT2D eigenvalue weighted by Crippen LogP contribution is -2.12. The van der Waals surface area contributed by atoms with E-state index in [1.807, 2.05) is 19.1 Å². The number of H-pyrrole nitrogens is 1. The molecule has 0 saturated carbocycles. The van der Waals surface area contributed by atoms with E-state index in [-0.39, 0.29) is 5.56 Å². The van der Waals surface area contributed by atoms with E-state index in [1.54, 1.807) is 0 Å². The van der Waals surface area contributed by atoms with E-state index in [1.165, 1.54) is 11.6 Å². The molecule has 0 bridgehead atoms. The summed E-state index contributed by atoms with van der Waals surface area (Å²) in [6.07, 6.45) is 0. The zero-order valence-corrected chi connectivity index (χ0v) is 12.1. The molecule has 2 rings (SSSR count). The van der Waals surface area contributed by atoms with Gasteiger partial charge in [-0.05, 0) is 18.4 Å². The number of aromatic amines is 1. The zero-order valence-electron chi connectivity index (χ0n) is 12.1. The van der Waals surface area contributed by atoms with Gasteiger partial charge in [-0.1, -0.05) is 38.1 Å². The van der Waals surface area contributed by atoms with Crippen LogP contribution < -0.4 is 5.56 Å².